The smallest absolute Gasteiger partial charge is 0.308 e. The molecule has 124 valence electrons. The minimum Gasteiger partial charge on any atom is -0.504 e. The van der Waals surface area contributed by atoms with Gasteiger partial charge in [-0.2, -0.15) is 0 Å². The number of carbonyl (C=O) groups is 1. The van der Waals surface area contributed by atoms with Gasteiger partial charge in [0.25, 0.3) is 0 Å². The summed E-state index contributed by atoms with van der Waals surface area (Å²) in [6.45, 7) is 0. The minimum atomic E-state index is -1.36. The van der Waals surface area contributed by atoms with E-state index in [9.17, 15) is 9.90 Å². The Hall–Kier alpha value is -2.79. The average molecular weight is 334 g/mol. The van der Waals surface area contributed by atoms with E-state index in [-0.39, 0.29) is 5.76 Å². The fourth-order valence-corrected chi connectivity index (χ4v) is 4.58. The lowest BCUT2D eigenvalue weighted by molar-refractivity contribution is -0.142. The number of epoxide rings is 1. The third kappa shape index (κ3) is 1.31. The molecule has 1 spiro atoms. The van der Waals surface area contributed by atoms with E-state index in [4.69, 9.17) is 14.2 Å². The zero-order chi connectivity index (χ0) is 16.9. The van der Waals surface area contributed by atoms with Gasteiger partial charge in [-0.15, -0.1) is 0 Å². The van der Waals surface area contributed by atoms with Crippen LogP contribution in [0.25, 0.3) is 10.8 Å². The van der Waals surface area contributed by atoms with E-state index < -0.39 is 22.8 Å². The van der Waals surface area contributed by atoms with E-state index in [1.165, 1.54) is 6.08 Å². The zero-order valence-corrected chi connectivity index (χ0v) is 13.2. The van der Waals surface area contributed by atoms with Crippen LogP contribution in [0, 0.1) is 0 Å². The van der Waals surface area contributed by atoms with Crippen molar-refractivity contribution in [3.63, 3.8) is 0 Å². The molecule has 6 rings (SSSR count). The molecule has 0 bridgehead atoms. The Balaban J connectivity index is 1.62. The Morgan fingerprint density at radius 1 is 0.960 bits per heavy atom. The molecule has 1 N–H and O–H groups in total. The summed E-state index contributed by atoms with van der Waals surface area (Å²) in [5.74, 6) is -0.808. The second kappa shape index (κ2) is 3.89. The molecule has 2 aromatic carbocycles. The highest BCUT2D eigenvalue weighted by atomic mass is 16.8. The van der Waals surface area contributed by atoms with Gasteiger partial charge in [0.2, 0.25) is 5.78 Å². The molecule has 2 heterocycles. The zero-order valence-electron chi connectivity index (χ0n) is 13.2. The van der Waals surface area contributed by atoms with Crippen molar-refractivity contribution in [2.24, 2.45) is 0 Å². The summed E-state index contributed by atoms with van der Waals surface area (Å²) in [5.41, 5.74) is -2.05. The molecule has 2 aliphatic carbocycles. The number of carbonyl (C=O) groups excluding carboxylic acids is 1. The molecule has 1 fully saturated rings. The Morgan fingerprint density at radius 2 is 1.64 bits per heavy atom. The normalized spacial score (nSPS) is 33.1. The van der Waals surface area contributed by atoms with E-state index in [0.717, 1.165) is 10.8 Å². The lowest BCUT2D eigenvalue weighted by Crippen LogP contribution is -2.62. The Kier molecular flexibility index (Phi) is 2.10. The summed E-state index contributed by atoms with van der Waals surface area (Å²) in [6, 6.07) is 11.6. The molecule has 2 aliphatic heterocycles. The molecule has 0 amide bonds. The van der Waals surface area contributed by atoms with Crippen LogP contribution in [-0.2, 0) is 9.53 Å². The number of hydrogen-bond donors (Lipinski definition) is 1. The summed E-state index contributed by atoms with van der Waals surface area (Å²) >= 11 is 0. The van der Waals surface area contributed by atoms with Crippen LogP contribution in [0.2, 0.25) is 0 Å². The van der Waals surface area contributed by atoms with Crippen molar-refractivity contribution in [3.8, 4) is 11.5 Å². The van der Waals surface area contributed by atoms with E-state index in [1.54, 1.807) is 0 Å². The molecule has 2 atom stereocenters. The van der Waals surface area contributed by atoms with Crippen LogP contribution in [-0.4, -0.2) is 27.9 Å². The summed E-state index contributed by atoms with van der Waals surface area (Å²) < 4.78 is 18.6. The molecule has 2 unspecified atom stereocenters. The maximum Gasteiger partial charge on any atom is 0.308 e. The number of Topliss-reactive ketones (excluding diaryl/α,β-unsaturated/α-hetero) is 1. The molecule has 5 nitrogen and oxygen atoms in total. The average Bonchev–Trinajstić information content (AvgIpc) is 3.34. The molecular weight excluding hydrogens is 320 g/mol. The number of ether oxygens (including phenoxy) is 3. The first kappa shape index (κ1) is 13.5. The van der Waals surface area contributed by atoms with E-state index in [0.29, 0.717) is 24.3 Å². The number of rotatable bonds is 0. The van der Waals surface area contributed by atoms with Gasteiger partial charge in [0.1, 0.15) is 11.5 Å². The fourth-order valence-electron chi connectivity index (χ4n) is 4.58. The van der Waals surface area contributed by atoms with E-state index in [2.05, 4.69) is 0 Å². The van der Waals surface area contributed by atoms with Gasteiger partial charge >= 0.3 is 5.79 Å². The molecule has 4 aliphatic rings. The van der Waals surface area contributed by atoms with Crippen molar-refractivity contribution >= 4 is 16.6 Å². The van der Waals surface area contributed by atoms with Crippen molar-refractivity contribution in [1.29, 1.82) is 0 Å². The van der Waals surface area contributed by atoms with Crippen molar-refractivity contribution in [2.45, 2.75) is 29.8 Å². The topological polar surface area (TPSA) is 68.3 Å². The SMILES string of the molecule is O=C1C(O)=CC2(Oc3cccc4cccc(c34)O2)C23CC=CCC12O3. The fraction of sp³-hybridized carbons (Fsp3) is 0.250. The van der Waals surface area contributed by atoms with Crippen molar-refractivity contribution in [3.05, 3.63) is 60.4 Å². The second-order valence-electron chi connectivity index (χ2n) is 6.98. The summed E-state index contributed by atoms with van der Waals surface area (Å²) in [7, 11) is 0. The van der Waals surface area contributed by atoms with Gasteiger partial charge < -0.3 is 19.3 Å². The third-order valence-corrected chi connectivity index (χ3v) is 5.78. The highest BCUT2D eigenvalue weighted by Crippen LogP contribution is 2.66. The second-order valence-corrected chi connectivity index (χ2v) is 6.98. The Bertz CT molecular complexity index is 995. The lowest BCUT2D eigenvalue weighted by Gasteiger charge is -2.43. The van der Waals surface area contributed by atoms with Gasteiger partial charge in [-0.1, -0.05) is 36.4 Å². The van der Waals surface area contributed by atoms with Crippen LogP contribution < -0.4 is 9.47 Å². The molecule has 0 aromatic heterocycles. The molecule has 25 heavy (non-hydrogen) atoms. The van der Waals surface area contributed by atoms with Gasteiger partial charge in [0, 0.05) is 18.9 Å². The largest absolute Gasteiger partial charge is 0.504 e. The molecule has 2 aromatic rings. The van der Waals surface area contributed by atoms with Crippen molar-refractivity contribution < 1.29 is 24.1 Å². The standard InChI is InChI=1S/C20H14O5/c21-13-11-20(19-10-2-1-9-18(19,25-19)17(13)22)23-14-7-3-5-12-6-4-8-15(24-20)16(12)14/h1-8,11,21H,9-10H2. The summed E-state index contributed by atoms with van der Waals surface area (Å²) in [4.78, 5) is 12.6. The maximum atomic E-state index is 12.6. The van der Waals surface area contributed by atoms with Gasteiger partial charge in [-0.05, 0) is 17.5 Å². The monoisotopic (exact) mass is 334 g/mol. The quantitative estimate of drug-likeness (QED) is 0.592. The van der Waals surface area contributed by atoms with Crippen LogP contribution in [0.3, 0.4) is 0 Å². The van der Waals surface area contributed by atoms with Gasteiger partial charge in [0.15, 0.2) is 17.0 Å². The molecule has 1 saturated heterocycles. The highest BCUT2D eigenvalue weighted by molar-refractivity contribution is 6.06. The first-order valence-corrected chi connectivity index (χ1v) is 8.32. The number of aliphatic hydroxyl groups excluding tert-OH is 1. The first-order chi connectivity index (χ1) is 12.1. The van der Waals surface area contributed by atoms with Gasteiger partial charge in [-0.3, -0.25) is 4.79 Å². The molecule has 5 heteroatoms. The van der Waals surface area contributed by atoms with Gasteiger partial charge in [0.05, 0.1) is 5.39 Å². The van der Waals surface area contributed by atoms with Crippen LogP contribution >= 0.6 is 0 Å². The summed E-state index contributed by atoms with van der Waals surface area (Å²) in [6.07, 6.45) is 6.15. The van der Waals surface area contributed by atoms with Crippen molar-refractivity contribution in [1.82, 2.24) is 0 Å². The minimum absolute atomic E-state index is 0.366. The predicted octanol–water partition coefficient (Wildman–Crippen LogP) is 3.19. The lowest BCUT2D eigenvalue weighted by atomic mass is 9.71. The number of hydrogen-bond acceptors (Lipinski definition) is 5. The molecular formula is C20H14O5. The molecule has 0 saturated carbocycles. The van der Waals surface area contributed by atoms with Crippen LogP contribution in [0.1, 0.15) is 12.8 Å². The van der Waals surface area contributed by atoms with Gasteiger partial charge in [-0.25, -0.2) is 0 Å². The summed E-state index contributed by atoms with van der Waals surface area (Å²) in [5, 5.41) is 12.2. The number of ketones is 1. The van der Waals surface area contributed by atoms with Crippen LogP contribution in [0.5, 0.6) is 11.5 Å². The third-order valence-electron chi connectivity index (χ3n) is 5.78. The van der Waals surface area contributed by atoms with Crippen LogP contribution in [0.4, 0.5) is 0 Å². The maximum absolute atomic E-state index is 12.6. The van der Waals surface area contributed by atoms with E-state index in [1.807, 2.05) is 48.6 Å². The van der Waals surface area contributed by atoms with Crippen LogP contribution in [0.15, 0.2) is 60.4 Å². The molecule has 0 radical (unpaired) electrons. The first-order valence-electron chi connectivity index (χ1n) is 8.32. The number of aliphatic hydroxyl groups is 1. The highest BCUT2D eigenvalue weighted by Gasteiger charge is 2.87. The number of benzene rings is 2. The Labute approximate surface area is 143 Å². The van der Waals surface area contributed by atoms with E-state index >= 15 is 0 Å². The Morgan fingerprint density at radius 3 is 2.36 bits per heavy atom. The van der Waals surface area contributed by atoms with Crippen molar-refractivity contribution in [2.75, 3.05) is 0 Å². The predicted molar refractivity (Wildman–Crippen MR) is 88.6 cm³/mol.